The number of aromatic hydroxyl groups is 1. The highest BCUT2D eigenvalue weighted by molar-refractivity contribution is 7.89. The molecule has 0 aliphatic carbocycles. The summed E-state index contributed by atoms with van der Waals surface area (Å²) in [7, 11) is -3.55. The average molecular weight is 452 g/mol. The lowest BCUT2D eigenvalue weighted by atomic mass is 10.1. The summed E-state index contributed by atoms with van der Waals surface area (Å²) in [6.07, 6.45) is 8.65. The smallest absolute Gasteiger partial charge is 0.240 e. The van der Waals surface area contributed by atoms with Gasteiger partial charge in [-0.1, -0.05) is 24.3 Å². The largest absolute Gasteiger partial charge is 0.508 e. The van der Waals surface area contributed by atoms with Crippen LogP contribution in [0.25, 0.3) is 12.2 Å². The molecule has 3 aromatic rings. The standard InChI is InChI=1S/C23H25N5O3S/c29-21-3-1-2-17(14-21)4-5-18-15-25-23(26-16-18)27-19-6-8-22(9-7-19)32(30,31)28-20-10-12-24-13-11-20/h1-9,14-16,20,24,28-29H,10-13H2,(H,25,26,27). The Labute approximate surface area is 187 Å². The van der Waals surface area contributed by atoms with E-state index in [2.05, 4.69) is 25.3 Å². The van der Waals surface area contributed by atoms with Crippen molar-refractivity contribution in [3.05, 3.63) is 72.1 Å². The number of rotatable bonds is 7. The van der Waals surface area contributed by atoms with Crippen LogP contribution < -0.4 is 15.4 Å². The number of aromatic nitrogens is 2. The lowest BCUT2D eigenvalue weighted by Gasteiger charge is -2.23. The van der Waals surface area contributed by atoms with E-state index in [-0.39, 0.29) is 16.7 Å². The number of hydrogen-bond donors (Lipinski definition) is 4. The number of anilines is 2. The predicted molar refractivity (Wildman–Crippen MR) is 125 cm³/mol. The third kappa shape index (κ3) is 5.91. The lowest BCUT2D eigenvalue weighted by molar-refractivity contribution is 0.427. The van der Waals surface area contributed by atoms with Gasteiger partial charge in [0, 0.05) is 29.7 Å². The fourth-order valence-corrected chi connectivity index (χ4v) is 4.69. The molecule has 2 heterocycles. The van der Waals surface area contributed by atoms with E-state index in [9.17, 15) is 13.5 Å². The number of benzene rings is 2. The van der Waals surface area contributed by atoms with E-state index < -0.39 is 10.0 Å². The molecule has 4 rings (SSSR count). The maximum atomic E-state index is 12.6. The van der Waals surface area contributed by atoms with E-state index in [4.69, 9.17) is 0 Å². The highest BCUT2D eigenvalue weighted by Gasteiger charge is 2.21. The second kappa shape index (κ2) is 9.90. The van der Waals surface area contributed by atoms with E-state index in [1.54, 1.807) is 54.9 Å². The first-order valence-electron chi connectivity index (χ1n) is 10.4. The maximum absolute atomic E-state index is 12.6. The minimum Gasteiger partial charge on any atom is -0.508 e. The van der Waals surface area contributed by atoms with Crippen molar-refractivity contribution in [3.63, 3.8) is 0 Å². The van der Waals surface area contributed by atoms with Crippen molar-refractivity contribution in [2.24, 2.45) is 0 Å². The Bertz CT molecular complexity index is 1170. The second-order valence-corrected chi connectivity index (χ2v) is 9.28. The number of hydrogen-bond acceptors (Lipinski definition) is 7. The van der Waals surface area contributed by atoms with Crippen LogP contribution in [-0.2, 0) is 10.0 Å². The molecule has 1 aliphatic heterocycles. The molecule has 166 valence electrons. The van der Waals surface area contributed by atoms with Crippen molar-refractivity contribution in [2.75, 3.05) is 18.4 Å². The van der Waals surface area contributed by atoms with Gasteiger partial charge in [0.2, 0.25) is 16.0 Å². The lowest BCUT2D eigenvalue weighted by Crippen LogP contribution is -2.42. The van der Waals surface area contributed by atoms with Gasteiger partial charge in [-0.25, -0.2) is 23.1 Å². The SMILES string of the molecule is O=S(=O)(NC1CCNCC1)c1ccc(Nc2ncc(C=Cc3cccc(O)c3)cn2)cc1. The van der Waals surface area contributed by atoms with Crippen LogP contribution in [0, 0.1) is 0 Å². The normalized spacial score (nSPS) is 15.1. The molecular weight excluding hydrogens is 426 g/mol. The quantitative estimate of drug-likeness (QED) is 0.436. The molecular formula is C23H25N5O3S. The van der Waals surface area contributed by atoms with Crippen LogP contribution in [0.15, 0.2) is 65.8 Å². The van der Waals surface area contributed by atoms with Gasteiger partial charge in [0.1, 0.15) is 5.75 Å². The summed E-state index contributed by atoms with van der Waals surface area (Å²) in [5.41, 5.74) is 2.37. The summed E-state index contributed by atoms with van der Waals surface area (Å²) in [5, 5.41) is 15.8. The topological polar surface area (TPSA) is 116 Å². The van der Waals surface area contributed by atoms with Crippen molar-refractivity contribution in [3.8, 4) is 5.75 Å². The van der Waals surface area contributed by atoms with Crippen molar-refractivity contribution >= 4 is 33.8 Å². The van der Waals surface area contributed by atoms with Crippen LogP contribution in [0.4, 0.5) is 11.6 Å². The summed E-state index contributed by atoms with van der Waals surface area (Å²) >= 11 is 0. The molecule has 0 spiro atoms. The van der Waals surface area contributed by atoms with Crippen molar-refractivity contribution in [1.29, 1.82) is 0 Å². The summed E-state index contributed by atoms with van der Waals surface area (Å²) in [6.45, 7) is 1.64. The van der Waals surface area contributed by atoms with Crippen molar-refractivity contribution < 1.29 is 13.5 Å². The van der Waals surface area contributed by atoms with Crippen LogP contribution in [-0.4, -0.2) is 42.6 Å². The van der Waals surface area contributed by atoms with Gasteiger partial charge >= 0.3 is 0 Å². The van der Waals surface area contributed by atoms with Gasteiger partial charge in [-0.3, -0.25) is 0 Å². The first-order valence-corrected chi connectivity index (χ1v) is 11.9. The highest BCUT2D eigenvalue weighted by atomic mass is 32.2. The molecule has 4 N–H and O–H groups in total. The number of nitrogens with zero attached hydrogens (tertiary/aromatic N) is 2. The Kier molecular flexibility index (Phi) is 6.79. The van der Waals surface area contributed by atoms with Crippen molar-refractivity contribution in [1.82, 2.24) is 20.0 Å². The van der Waals surface area contributed by atoms with E-state index >= 15 is 0 Å². The van der Waals surface area contributed by atoms with Gasteiger partial charge in [0.15, 0.2) is 0 Å². The van der Waals surface area contributed by atoms with Crippen LogP contribution >= 0.6 is 0 Å². The first kappa shape index (κ1) is 21.9. The molecule has 2 aromatic carbocycles. The number of nitrogens with one attached hydrogen (secondary N) is 3. The molecule has 0 bridgehead atoms. The van der Waals surface area contributed by atoms with Gasteiger partial charge in [-0.2, -0.15) is 0 Å². The van der Waals surface area contributed by atoms with Gasteiger partial charge in [0.05, 0.1) is 4.90 Å². The minimum atomic E-state index is -3.55. The zero-order chi connectivity index (χ0) is 22.4. The average Bonchev–Trinajstić information content (AvgIpc) is 2.79. The Morgan fingerprint density at radius 2 is 1.66 bits per heavy atom. The number of phenolic OH excluding ortho intramolecular Hbond substituents is 1. The molecule has 9 heteroatoms. The van der Waals surface area contributed by atoms with Crippen molar-refractivity contribution in [2.45, 2.75) is 23.8 Å². The summed E-state index contributed by atoms with van der Waals surface area (Å²) in [6, 6.07) is 13.4. The zero-order valence-electron chi connectivity index (χ0n) is 17.4. The fraction of sp³-hybridized carbons (Fsp3) is 0.217. The van der Waals surface area contributed by atoms with Gasteiger partial charge in [-0.15, -0.1) is 0 Å². The molecule has 1 fully saturated rings. The number of piperidine rings is 1. The molecule has 0 atom stereocenters. The van der Waals surface area contributed by atoms with Crippen LogP contribution in [0.3, 0.4) is 0 Å². The highest BCUT2D eigenvalue weighted by Crippen LogP contribution is 2.19. The maximum Gasteiger partial charge on any atom is 0.240 e. The Morgan fingerprint density at radius 3 is 2.34 bits per heavy atom. The molecule has 0 unspecified atom stereocenters. The van der Waals surface area contributed by atoms with E-state index in [0.717, 1.165) is 37.1 Å². The number of sulfonamides is 1. The molecule has 1 aromatic heterocycles. The molecule has 1 aliphatic rings. The minimum absolute atomic E-state index is 0.0346. The summed E-state index contributed by atoms with van der Waals surface area (Å²) in [5.74, 6) is 0.617. The monoisotopic (exact) mass is 451 g/mol. The fourth-order valence-electron chi connectivity index (χ4n) is 3.38. The Balaban J connectivity index is 1.37. The zero-order valence-corrected chi connectivity index (χ0v) is 18.2. The Hall–Kier alpha value is -3.27. The van der Waals surface area contributed by atoms with Crippen LogP contribution in [0.5, 0.6) is 5.75 Å². The summed E-state index contributed by atoms with van der Waals surface area (Å²) < 4.78 is 28.0. The second-order valence-electron chi connectivity index (χ2n) is 7.56. The van der Waals surface area contributed by atoms with E-state index in [1.807, 2.05) is 18.2 Å². The van der Waals surface area contributed by atoms with E-state index in [1.165, 1.54) is 0 Å². The molecule has 0 radical (unpaired) electrons. The van der Waals surface area contributed by atoms with Gasteiger partial charge in [0.25, 0.3) is 0 Å². The number of phenols is 1. The van der Waals surface area contributed by atoms with Gasteiger partial charge in [-0.05, 0) is 67.9 Å². The third-order valence-corrected chi connectivity index (χ3v) is 6.63. The molecule has 0 amide bonds. The Morgan fingerprint density at radius 1 is 0.969 bits per heavy atom. The van der Waals surface area contributed by atoms with Crippen LogP contribution in [0.1, 0.15) is 24.0 Å². The van der Waals surface area contributed by atoms with E-state index in [0.29, 0.717) is 11.6 Å². The van der Waals surface area contributed by atoms with Gasteiger partial charge < -0.3 is 15.7 Å². The van der Waals surface area contributed by atoms with Crippen LogP contribution in [0.2, 0.25) is 0 Å². The molecule has 0 saturated carbocycles. The molecule has 8 nitrogen and oxygen atoms in total. The predicted octanol–water partition coefficient (Wildman–Crippen LogP) is 3.13. The molecule has 1 saturated heterocycles. The molecule has 32 heavy (non-hydrogen) atoms. The first-order chi connectivity index (χ1) is 15.5. The summed E-state index contributed by atoms with van der Waals surface area (Å²) in [4.78, 5) is 8.82. The third-order valence-electron chi connectivity index (χ3n) is 5.09.